The van der Waals surface area contributed by atoms with Crippen molar-refractivity contribution in [3.8, 4) is 28.3 Å². The number of hydrogen-bond donors (Lipinski definition) is 0. The normalized spacial score (nSPS) is 13.6. The van der Waals surface area contributed by atoms with Gasteiger partial charge in [-0.05, 0) is 94.0 Å². The quantitative estimate of drug-likeness (QED) is 0.175. The summed E-state index contributed by atoms with van der Waals surface area (Å²) in [5.74, 6) is 1.64. The molecule has 10 aromatic rings. The molecule has 282 valence electrons. The van der Waals surface area contributed by atoms with Crippen LogP contribution in [0.4, 0.5) is 17.1 Å². The Balaban J connectivity index is 1.00. The molecule has 0 unspecified atom stereocenters. The fraction of sp³-hybridized carbons (Fsp3) is 0.0179. The SMILES string of the molecule is O=C1c2ccccc2C(c2ccccc2)(c2ccccc2)c2cc(-c3ccc(N4c5ccccc5Oc5ccc(-n6c7ccccc7c7ccccc76)cc54)cc3)ccc21. The van der Waals surface area contributed by atoms with E-state index in [1.165, 1.54) is 10.8 Å². The number of aromatic nitrogens is 1. The molecule has 1 aliphatic heterocycles. The largest absolute Gasteiger partial charge is 0.453 e. The van der Waals surface area contributed by atoms with E-state index < -0.39 is 5.41 Å². The van der Waals surface area contributed by atoms with Gasteiger partial charge in [0.1, 0.15) is 0 Å². The van der Waals surface area contributed by atoms with Crippen LogP contribution >= 0.6 is 0 Å². The Morgan fingerprint density at radius 2 is 0.950 bits per heavy atom. The van der Waals surface area contributed by atoms with Crippen molar-refractivity contribution in [3.05, 3.63) is 252 Å². The maximum absolute atomic E-state index is 14.3. The van der Waals surface area contributed by atoms with Crippen molar-refractivity contribution in [1.29, 1.82) is 0 Å². The lowest BCUT2D eigenvalue weighted by molar-refractivity contribution is 0.103. The molecule has 4 heteroatoms. The Morgan fingerprint density at radius 3 is 1.67 bits per heavy atom. The monoisotopic (exact) mass is 768 g/mol. The molecule has 0 radical (unpaired) electrons. The highest BCUT2D eigenvalue weighted by atomic mass is 16.5. The molecule has 0 spiro atoms. The number of anilines is 3. The van der Waals surface area contributed by atoms with Crippen LogP contribution in [-0.4, -0.2) is 10.4 Å². The predicted octanol–water partition coefficient (Wildman–Crippen LogP) is 14.0. The molecule has 0 bridgehead atoms. The summed E-state index contributed by atoms with van der Waals surface area (Å²) >= 11 is 0. The van der Waals surface area contributed by atoms with Gasteiger partial charge in [-0.15, -0.1) is 0 Å². The summed E-state index contributed by atoms with van der Waals surface area (Å²) in [6.07, 6.45) is 0. The van der Waals surface area contributed by atoms with Gasteiger partial charge in [0.2, 0.25) is 0 Å². The molecule has 2 heterocycles. The third-order valence-electron chi connectivity index (χ3n) is 12.5. The smallest absolute Gasteiger partial charge is 0.193 e. The zero-order valence-corrected chi connectivity index (χ0v) is 32.5. The zero-order valence-electron chi connectivity index (χ0n) is 32.5. The Bertz CT molecular complexity index is 3220. The molecule has 9 aromatic carbocycles. The van der Waals surface area contributed by atoms with Gasteiger partial charge in [-0.1, -0.05) is 158 Å². The van der Waals surface area contributed by atoms with E-state index >= 15 is 0 Å². The van der Waals surface area contributed by atoms with Gasteiger partial charge in [0.25, 0.3) is 0 Å². The van der Waals surface area contributed by atoms with Crippen LogP contribution in [0, 0.1) is 0 Å². The number of fused-ring (bicyclic) bond motifs is 7. The lowest BCUT2D eigenvalue weighted by atomic mass is 9.59. The van der Waals surface area contributed by atoms with Gasteiger partial charge in [0, 0.05) is 33.3 Å². The number of hydrogen-bond acceptors (Lipinski definition) is 3. The van der Waals surface area contributed by atoms with E-state index in [2.05, 4.69) is 191 Å². The van der Waals surface area contributed by atoms with Crippen molar-refractivity contribution < 1.29 is 9.53 Å². The van der Waals surface area contributed by atoms with E-state index in [1.807, 2.05) is 36.4 Å². The third kappa shape index (κ3) is 4.94. The summed E-state index contributed by atoms with van der Waals surface area (Å²) in [5.41, 5.74) is 13.4. The number of carbonyl (C=O) groups excluding carboxylic acids is 1. The minimum atomic E-state index is -0.701. The minimum Gasteiger partial charge on any atom is -0.453 e. The Morgan fingerprint density at radius 1 is 0.400 bits per heavy atom. The number of carbonyl (C=O) groups is 1. The molecule has 0 saturated carbocycles. The minimum absolute atomic E-state index is 0.0508. The third-order valence-corrected chi connectivity index (χ3v) is 12.5. The molecule has 0 fully saturated rings. The Hall–Kier alpha value is -7.95. The number of ketones is 1. The second-order valence-electron chi connectivity index (χ2n) is 15.6. The summed E-state index contributed by atoms with van der Waals surface area (Å²) in [6.45, 7) is 0. The van der Waals surface area contributed by atoms with Crippen molar-refractivity contribution in [2.45, 2.75) is 5.41 Å². The Labute approximate surface area is 347 Å². The Kier molecular flexibility index (Phi) is 7.56. The van der Waals surface area contributed by atoms with Crippen LogP contribution in [0.2, 0.25) is 0 Å². The van der Waals surface area contributed by atoms with Crippen LogP contribution in [0.15, 0.2) is 218 Å². The highest BCUT2D eigenvalue weighted by Gasteiger charge is 2.46. The van der Waals surface area contributed by atoms with E-state index in [-0.39, 0.29) is 5.78 Å². The van der Waals surface area contributed by atoms with Crippen LogP contribution in [0.25, 0.3) is 38.6 Å². The topological polar surface area (TPSA) is 34.5 Å². The molecule has 1 aromatic heterocycles. The average Bonchev–Trinajstić information content (AvgIpc) is 3.66. The van der Waals surface area contributed by atoms with Crippen LogP contribution in [0.3, 0.4) is 0 Å². The summed E-state index contributed by atoms with van der Waals surface area (Å²) in [4.78, 5) is 16.6. The van der Waals surface area contributed by atoms with E-state index in [0.29, 0.717) is 0 Å². The standard InChI is InChI=1S/C56H36N2O2/c59-55-45-21-7-10-22-47(45)56(39-15-3-1-4-16-39,40-17-5-2-6-18-40)48-35-38(29-33-46(48)55)37-27-30-41(31-28-37)57-51-25-13-14-26-53(51)60-54-34-32-42(36-52(54)57)58-49-23-11-8-19-43(49)44-20-9-12-24-50(44)58/h1-36H. The molecule has 0 saturated heterocycles. The average molecular weight is 769 g/mol. The second kappa shape index (κ2) is 13.3. The van der Waals surface area contributed by atoms with Crippen LogP contribution in [-0.2, 0) is 5.41 Å². The first-order valence-electron chi connectivity index (χ1n) is 20.4. The number of rotatable bonds is 5. The van der Waals surface area contributed by atoms with E-state index in [0.717, 1.165) is 89.8 Å². The fourth-order valence-corrected chi connectivity index (χ4v) is 9.86. The zero-order chi connectivity index (χ0) is 39.8. The number of benzene rings is 9. The molecular formula is C56H36N2O2. The van der Waals surface area contributed by atoms with Crippen molar-refractivity contribution >= 4 is 44.7 Å². The summed E-state index contributed by atoms with van der Waals surface area (Å²) < 4.78 is 8.91. The number of para-hydroxylation sites is 4. The van der Waals surface area contributed by atoms with E-state index in [4.69, 9.17) is 4.74 Å². The second-order valence-corrected chi connectivity index (χ2v) is 15.6. The molecular weight excluding hydrogens is 733 g/mol. The first-order chi connectivity index (χ1) is 29.7. The first-order valence-corrected chi connectivity index (χ1v) is 20.4. The fourth-order valence-electron chi connectivity index (χ4n) is 9.86. The van der Waals surface area contributed by atoms with Gasteiger partial charge in [0.05, 0.1) is 27.8 Å². The predicted molar refractivity (Wildman–Crippen MR) is 243 cm³/mol. The van der Waals surface area contributed by atoms with E-state index in [9.17, 15) is 4.79 Å². The van der Waals surface area contributed by atoms with Gasteiger partial charge < -0.3 is 14.2 Å². The number of ether oxygens (including phenoxy) is 1. The highest BCUT2D eigenvalue weighted by molar-refractivity contribution is 6.14. The first kappa shape index (κ1) is 34.1. The lowest BCUT2D eigenvalue weighted by Crippen LogP contribution is -2.38. The van der Waals surface area contributed by atoms with Crippen LogP contribution in [0.5, 0.6) is 11.5 Å². The lowest BCUT2D eigenvalue weighted by Gasteiger charge is -2.42. The van der Waals surface area contributed by atoms with Gasteiger partial charge in [0.15, 0.2) is 17.3 Å². The van der Waals surface area contributed by atoms with Crippen molar-refractivity contribution in [3.63, 3.8) is 0 Å². The molecule has 4 nitrogen and oxygen atoms in total. The van der Waals surface area contributed by atoms with Gasteiger partial charge >= 0.3 is 0 Å². The maximum Gasteiger partial charge on any atom is 0.193 e. The van der Waals surface area contributed by atoms with Crippen molar-refractivity contribution in [1.82, 2.24) is 4.57 Å². The van der Waals surface area contributed by atoms with Crippen molar-refractivity contribution in [2.24, 2.45) is 0 Å². The van der Waals surface area contributed by atoms with Gasteiger partial charge in [-0.2, -0.15) is 0 Å². The van der Waals surface area contributed by atoms with Crippen LogP contribution < -0.4 is 9.64 Å². The number of nitrogens with zero attached hydrogens (tertiary/aromatic N) is 2. The molecule has 0 amide bonds. The highest BCUT2D eigenvalue weighted by Crippen LogP contribution is 2.53. The molecule has 12 rings (SSSR count). The van der Waals surface area contributed by atoms with Gasteiger partial charge in [-0.3, -0.25) is 4.79 Å². The molecule has 0 N–H and O–H groups in total. The van der Waals surface area contributed by atoms with Crippen LogP contribution in [0.1, 0.15) is 38.2 Å². The van der Waals surface area contributed by atoms with Gasteiger partial charge in [-0.25, -0.2) is 0 Å². The summed E-state index contributed by atoms with van der Waals surface area (Å²) in [7, 11) is 0. The molecule has 0 atom stereocenters. The molecule has 60 heavy (non-hydrogen) atoms. The molecule has 1 aliphatic carbocycles. The molecule has 2 aliphatic rings. The summed E-state index contributed by atoms with van der Waals surface area (Å²) in [5, 5.41) is 2.45. The van der Waals surface area contributed by atoms with E-state index in [1.54, 1.807) is 0 Å². The summed E-state index contributed by atoms with van der Waals surface area (Å²) in [6, 6.07) is 76.4. The van der Waals surface area contributed by atoms with Crippen molar-refractivity contribution in [2.75, 3.05) is 4.90 Å². The maximum atomic E-state index is 14.3.